The van der Waals surface area contributed by atoms with E-state index in [9.17, 15) is 9.59 Å². The van der Waals surface area contributed by atoms with Crippen LogP contribution in [-0.4, -0.2) is 36.3 Å². The van der Waals surface area contributed by atoms with Gasteiger partial charge in [-0.3, -0.25) is 14.5 Å². The Kier molecular flexibility index (Phi) is 8.25. The Labute approximate surface area is 165 Å². The van der Waals surface area contributed by atoms with Crippen molar-refractivity contribution in [1.82, 2.24) is 10.2 Å². The van der Waals surface area contributed by atoms with Crippen molar-refractivity contribution in [2.24, 2.45) is 5.92 Å². The van der Waals surface area contributed by atoms with Gasteiger partial charge in [-0.15, -0.1) is 0 Å². The Bertz CT molecular complexity index is 809. The van der Waals surface area contributed by atoms with Crippen molar-refractivity contribution >= 4 is 17.5 Å². The smallest absolute Gasteiger partial charge is 0.253 e. The number of hydrogen-bond acceptors (Lipinski definition) is 5. The highest BCUT2D eigenvalue weighted by Gasteiger charge is 2.16. The van der Waals surface area contributed by atoms with E-state index in [0.29, 0.717) is 43.2 Å². The van der Waals surface area contributed by atoms with Crippen LogP contribution >= 0.6 is 0 Å². The molecule has 28 heavy (non-hydrogen) atoms. The molecule has 0 aliphatic rings. The number of carbonyl (C=O) groups is 2. The number of benzene rings is 1. The molecule has 2 N–H and O–H groups in total. The molecule has 7 nitrogen and oxygen atoms in total. The normalized spacial score (nSPS) is 10.7. The van der Waals surface area contributed by atoms with E-state index >= 15 is 0 Å². The van der Waals surface area contributed by atoms with Gasteiger partial charge >= 0.3 is 0 Å². The van der Waals surface area contributed by atoms with Crippen molar-refractivity contribution in [1.29, 1.82) is 5.26 Å². The van der Waals surface area contributed by atoms with Gasteiger partial charge in [0.1, 0.15) is 5.76 Å². The molecule has 0 fully saturated rings. The summed E-state index contributed by atoms with van der Waals surface area (Å²) in [5, 5.41) is 14.5. The van der Waals surface area contributed by atoms with Crippen LogP contribution in [0.1, 0.15) is 36.4 Å². The number of rotatable bonds is 10. The average molecular weight is 382 g/mol. The van der Waals surface area contributed by atoms with Gasteiger partial charge in [0.2, 0.25) is 5.91 Å². The van der Waals surface area contributed by atoms with Crippen molar-refractivity contribution < 1.29 is 14.0 Å². The minimum Gasteiger partial charge on any atom is -0.468 e. The molecule has 1 aromatic heterocycles. The number of furan rings is 1. The average Bonchev–Trinajstić information content (AvgIpc) is 3.17. The highest BCUT2D eigenvalue weighted by molar-refractivity contribution is 6.04. The molecule has 0 saturated heterocycles. The molecule has 0 radical (unpaired) electrons. The molecule has 0 atom stereocenters. The molecule has 0 aliphatic heterocycles. The quantitative estimate of drug-likeness (QED) is 0.658. The second-order valence-electron chi connectivity index (χ2n) is 6.90. The van der Waals surface area contributed by atoms with Crippen LogP contribution in [0.25, 0.3) is 0 Å². The maximum atomic E-state index is 12.6. The second kappa shape index (κ2) is 10.9. The summed E-state index contributed by atoms with van der Waals surface area (Å²) in [4.78, 5) is 26.8. The number of nitrogens with one attached hydrogen (secondary N) is 2. The Hall–Kier alpha value is -3.11. The molecule has 0 bridgehead atoms. The fourth-order valence-corrected chi connectivity index (χ4v) is 2.62. The van der Waals surface area contributed by atoms with E-state index < -0.39 is 0 Å². The van der Waals surface area contributed by atoms with Crippen LogP contribution < -0.4 is 10.6 Å². The van der Waals surface area contributed by atoms with Crippen molar-refractivity contribution in [2.75, 3.05) is 25.0 Å². The zero-order valence-corrected chi connectivity index (χ0v) is 16.3. The summed E-state index contributed by atoms with van der Waals surface area (Å²) < 4.78 is 5.33. The van der Waals surface area contributed by atoms with Gasteiger partial charge in [-0.05, 0) is 30.2 Å². The van der Waals surface area contributed by atoms with Crippen molar-refractivity contribution in [2.45, 2.75) is 26.8 Å². The first-order chi connectivity index (χ1) is 13.5. The summed E-state index contributed by atoms with van der Waals surface area (Å²) in [6.45, 7) is 5.56. The second-order valence-corrected chi connectivity index (χ2v) is 6.90. The standard InChI is InChI=1S/C21H26N4O3/c1-16(2)13-23-21(27)18-8-3-4-9-19(18)24-20(26)15-25(11-6-10-22)14-17-7-5-12-28-17/h3-5,7-9,12,16H,6,11,13-15H2,1-2H3,(H,23,27)(H,24,26). The van der Waals surface area contributed by atoms with Crippen LogP contribution in [0.15, 0.2) is 47.1 Å². The first kappa shape index (κ1) is 21.2. The summed E-state index contributed by atoms with van der Waals surface area (Å²) in [6.07, 6.45) is 1.88. The Balaban J connectivity index is 2.02. The number of anilines is 1. The van der Waals surface area contributed by atoms with Crippen LogP contribution in [0, 0.1) is 17.2 Å². The van der Waals surface area contributed by atoms with Crippen molar-refractivity contribution in [3.63, 3.8) is 0 Å². The SMILES string of the molecule is CC(C)CNC(=O)c1ccccc1NC(=O)CN(CCC#N)Cc1ccco1. The zero-order valence-electron chi connectivity index (χ0n) is 16.3. The Morgan fingerprint density at radius 1 is 1.21 bits per heavy atom. The van der Waals surface area contributed by atoms with E-state index in [2.05, 4.69) is 16.7 Å². The van der Waals surface area contributed by atoms with Gasteiger partial charge in [0.25, 0.3) is 5.91 Å². The number of amides is 2. The van der Waals surface area contributed by atoms with E-state index in [4.69, 9.17) is 9.68 Å². The summed E-state index contributed by atoms with van der Waals surface area (Å²) in [7, 11) is 0. The molecule has 148 valence electrons. The monoisotopic (exact) mass is 382 g/mol. The van der Waals surface area contributed by atoms with Gasteiger partial charge in [0.15, 0.2) is 0 Å². The Morgan fingerprint density at radius 3 is 2.68 bits per heavy atom. The molecule has 0 unspecified atom stereocenters. The molecule has 2 aromatic rings. The van der Waals surface area contributed by atoms with Crippen molar-refractivity contribution in [3.8, 4) is 6.07 Å². The molecule has 1 aromatic carbocycles. The van der Waals surface area contributed by atoms with Crippen LogP contribution in [0.5, 0.6) is 0 Å². The van der Waals surface area contributed by atoms with Crippen LogP contribution in [-0.2, 0) is 11.3 Å². The molecule has 2 rings (SSSR count). The largest absolute Gasteiger partial charge is 0.468 e. The number of carbonyl (C=O) groups excluding carboxylic acids is 2. The minimum absolute atomic E-state index is 0.0876. The first-order valence-corrected chi connectivity index (χ1v) is 9.28. The number of nitriles is 1. The molecule has 0 spiro atoms. The predicted molar refractivity (Wildman–Crippen MR) is 106 cm³/mol. The zero-order chi connectivity index (χ0) is 20.4. The summed E-state index contributed by atoms with van der Waals surface area (Å²) in [5.41, 5.74) is 0.887. The van der Waals surface area contributed by atoms with Gasteiger partial charge < -0.3 is 15.1 Å². The highest BCUT2D eigenvalue weighted by atomic mass is 16.3. The van der Waals surface area contributed by atoms with E-state index in [0.717, 1.165) is 5.76 Å². The topological polar surface area (TPSA) is 98.4 Å². The molecule has 7 heteroatoms. The maximum absolute atomic E-state index is 12.6. The summed E-state index contributed by atoms with van der Waals surface area (Å²) in [5.74, 6) is 0.579. The van der Waals surface area contributed by atoms with Crippen LogP contribution in [0.3, 0.4) is 0 Å². The summed E-state index contributed by atoms with van der Waals surface area (Å²) in [6, 6.07) is 12.6. The molecule has 1 heterocycles. The fraction of sp³-hybridized carbons (Fsp3) is 0.381. The molecule has 0 saturated carbocycles. The van der Waals surface area contributed by atoms with Gasteiger partial charge in [-0.1, -0.05) is 26.0 Å². The summed E-state index contributed by atoms with van der Waals surface area (Å²) >= 11 is 0. The maximum Gasteiger partial charge on any atom is 0.253 e. The van der Waals surface area contributed by atoms with Gasteiger partial charge in [0, 0.05) is 19.5 Å². The lowest BCUT2D eigenvalue weighted by Gasteiger charge is -2.20. The lowest BCUT2D eigenvalue weighted by atomic mass is 10.1. The van der Waals surface area contributed by atoms with E-state index in [-0.39, 0.29) is 18.4 Å². The third-order valence-corrected chi connectivity index (χ3v) is 3.98. The van der Waals surface area contributed by atoms with Crippen molar-refractivity contribution in [3.05, 3.63) is 54.0 Å². The third-order valence-electron chi connectivity index (χ3n) is 3.98. The first-order valence-electron chi connectivity index (χ1n) is 9.28. The molecular formula is C21H26N4O3. The fourth-order valence-electron chi connectivity index (χ4n) is 2.62. The molecule has 0 aliphatic carbocycles. The van der Waals surface area contributed by atoms with Gasteiger partial charge in [0.05, 0.1) is 36.7 Å². The van der Waals surface area contributed by atoms with Crippen LogP contribution in [0.2, 0.25) is 0 Å². The van der Waals surface area contributed by atoms with Crippen LogP contribution in [0.4, 0.5) is 5.69 Å². The van der Waals surface area contributed by atoms with E-state index in [1.807, 2.05) is 24.8 Å². The molecule has 2 amide bonds. The number of para-hydroxylation sites is 1. The van der Waals surface area contributed by atoms with E-state index in [1.54, 1.807) is 36.6 Å². The van der Waals surface area contributed by atoms with Gasteiger partial charge in [-0.25, -0.2) is 0 Å². The Morgan fingerprint density at radius 2 is 2.00 bits per heavy atom. The van der Waals surface area contributed by atoms with E-state index in [1.165, 1.54) is 0 Å². The minimum atomic E-state index is -0.256. The lowest BCUT2D eigenvalue weighted by molar-refractivity contribution is -0.117. The number of nitrogens with zero attached hydrogens (tertiary/aromatic N) is 2. The van der Waals surface area contributed by atoms with Gasteiger partial charge in [-0.2, -0.15) is 5.26 Å². The lowest BCUT2D eigenvalue weighted by Crippen LogP contribution is -2.34. The third kappa shape index (κ3) is 6.89. The number of hydrogen-bond donors (Lipinski definition) is 2. The molecular weight excluding hydrogens is 356 g/mol. The predicted octanol–water partition coefficient (Wildman–Crippen LogP) is 3.02. The highest BCUT2D eigenvalue weighted by Crippen LogP contribution is 2.15.